The van der Waals surface area contributed by atoms with Gasteiger partial charge in [-0.2, -0.15) is 13.2 Å². The van der Waals surface area contributed by atoms with Crippen LogP contribution in [0.3, 0.4) is 0 Å². The smallest absolute Gasteiger partial charge is 0.416 e. The second kappa shape index (κ2) is 4.10. The molecule has 1 atom stereocenters. The Bertz CT molecular complexity index is 347. The largest absolute Gasteiger partial charge is 0.497 e. The summed E-state index contributed by atoms with van der Waals surface area (Å²) in [5, 5.41) is 0. The van der Waals surface area contributed by atoms with E-state index in [1.54, 1.807) is 6.92 Å². The van der Waals surface area contributed by atoms with Crippen LogP contribution in [-0.4, -0.2) is 7.11 Å². The van der Waals surface area contributed by atoms with E-state index in [1.165, 1.54) is 13.2 Å². The van der Waals surface area contributed by atoms with Crippen molar-refractivity contribution in [2.45, 2.75) is 19.1 Å². The Kier molecular flexibility index (Phi) is 3.24. The Hall–Kier alpha value is -1.23. The minimum absolute atomic E-state index is 0.164. The summed E-state index contributed by atoms with van der Waals surface area (Å²) in [4.78, 5) is 0. The molecule has 0 aromatic heterocycles. The molecule has 1 rings (SSSR count). The molecule has 0 spiro atoms. The van der Waals surface area contributed by atoms with Crippen molar-refractivity contribution >= 4 is 0 Å². The first kappa shape index (κ1) is 11.8. The molecule has 15 heavy (non-hydrogen) atoms. The van der Waals surface area contributed by atoms with E-state index in [2.05, 4.69) is 0 Å². The quantitative estimate of drug-likeness (QED) is 0.830. The zero-order valence-electron chi connectivity index (χ0n) is 8.43. The van der Waals surface area contributed by atoms with E-state index in [1.807, 2.05) is 0 Å². The van der Waals surface area contributed by atoms with E-state index >= 15 is 0 Å². The van der Waals surface area contributed by atoms with Crippen molar-refractivity contribution in [1.82, 2.24) is 0 Å². The predicted molar refractivity (Wildman–Crippen MR) is 50.6 cm³/mol. The van der Waals surface area contributed by atoms with Crippen molar-refractivity contribution in [2.24, 2.45) is 5.73 Å². The van der Waals surface area contributed by atoms with Crippen molar-refractivity contribution in [3.63, 3.8) is 0 Å². The number of hydrogen-bond acceptors (Lipinski definition) is 2. The Balaban J connectivity index is 3.23. The molecule has 0 radical (unpaired) electrons. The second-order valence-electron chi connectivity index (χ2n) is 3.28. The summed E-state index contributed by atoms with van der Waals surface area (Å²) in [6.45, 7) is 1.62. The number of alkyl halides is 3. The fourth-order valence-corrected chi connectivity index (χ4v) is 1.17. The highest BCUT2D eigenvalue weighted by atomic mass is 19.4. The van der Waals surface area contributed by atoms with Gasteiger partial charge in [-0.3, -0.25) is 0 Å². The van der Waals surface area contributed by atoms with Crippen LogP contribution < -0.4 is 10.5 Å². The molecule has 5 heteroatoms. The van der Waals surface area contributed by atoms with Gasteiger partial charge < -0.3 is 10.5 Å². The normalized spacial score (nSPS) is 13.7. The van der Waals surface area contributed by atoms with Crippen LogP contribution in [0.15, 0.2) is 18.2 Å². The highest BCUT2D eigenvalue weighted by Crippen LogP contribution is 2.33. The van der Waals surface area contributed by atoms with Crippen LogP contribution in [0, 0.1) is 0 Å². The third-order valence-corrected chi connectivity index (χ3v) is 2.02. The molecule has 0 saturated carbocycles. The van der Waals surface area contributed by atoms with Crippen LogP contribution in [-0.2, 0) is 6.18 Å². The number of rotatable bonds is 2. The van der Waals surface area contributed by atoms with Crippen molar-refractivity contribution in [1.29, 1.82) is 0 Å². The van der Waals surface area contributed by atoms with Crippen molar-refractivity contribution in [3.8, 4) is 5.75 Å². The molecule has 1 aromatic carbocycles. The fraction of sp³-hybridized carbons (Fsp3) is 0.400. The highest BCUT2D eigenvalue weighted by Gasteiger charge is 2.31. The minimum atomic E-state index is -4.38. The van der Waals surface area contributed by atoms with Crippen LogP contribution in [0.4, 0.5) is 13.2 Å². The van der Waals surface area contributed by atoms with E-state index < -0.39 is 17.8 Å². The third-order valence-electron chi connectivity index (χ3n) is 2.02. The summed E-state index contributed by atoms with van der Waals surface area (Å²) < 4.78 is 42.1. The van der Waals surface area contributed by atoms with Gasteiger partial charge in [0.15, 0.2) is 0 Å². The minimum Gasteiger partial charge on any atom is -0.497 e. The maximum absolute atomic E-state index is 12.5. The molecule has 0 saturated heterocycles. The molecule has 0 aliphatic heterocycles. The van der Waals surface area contributed by atoms with E-state index in [9.17, 15) is 13.2 Å². The number of nitrogens with two attached hydrogens (primary N) is 1. The Morgan fingerprint density at radius 1 is 1.27 bits per heavy atom. The molecule has 0 bridgehead atoms. The summed E-state index contributed by atoms with van der Waals surface area (Å²) in [6, 6.07) is 3.03. The van der Waals surface area contributed by atoms with Gasteiger partial charge in [0.2, 0.25) is 0 Å². The lowest BCUT2D eigenvalue weighted by Crippen LogP contribution is -2.10. The average molecular weight is 219 g/mol. The van der Waals surface area contributed by atoms with Gasteiger partial charge in [0.05, 0.1) is 12.7 Å². The molecule has 0 aliphatic rings. The zero-order valence-corrected chi connectivity index (χ0v) is 8.43. The molecule has 0 fully saturated rings. The fourth-order valence-electron chi connectivity index (χ4n) is 1.17. The average Bonchev–Trinajstić information content (AvgIpc) is 2.15. The number of halogens is 3. The molecular weight excluding hydrogens is 207 g/mol. The Morgan fingerprint density at radius 2 is 1.87 bits per heavy atom. The summed E-state index contributed by atoms with van der Waals surface area (Å²) in [5.41, 5.74) is 5.19. The Morgan fingerprint density at radius 3 is 2.27 bits per heavy atom. The molecule has 0 unspecified atom stereocenters. The molecule has 0 heterocycles. The van der Waals surface area contributed by atoms with E-state index in [0.717, 1.165) is 12.1 Å². The molecule has 1 aromatic rings. The predicted octanol–water partition coefficient (Wildman–Crippen LogP) is 2.73. The first-order valence-electron chi connectivity index (χ1n) is 4.36. The second-order valence-corrected chi connectivity index (χ2v) is 3.28. The number of hydrogen-bond donors (Lipinski definition) is 1. The topological polar surface area (TPSA) is 35.2 Å². The maximum Gasteiger partial charge on any atom is 0.416 e. The molecule has 84 valence electrons. The standard InChI is InChI=1S/C10H12F3NO/c1-6(14)7-3-8(10(11,12)13)5-9(4-7)15-2/h3-6H,14H2,1-2H3/t6-/m0/s1. The van der Waals surface area contributed by atoms with Crippen LogP contribution in [0.1, 0.15) is 24.1 Å². The SMILES string of the molecule is COc1cc([C@H](C)N)cc(C(F)(F)F)c1. The zero-order chi connectivity index (χ0) is 11.6. The Labute approximate surface area is 85.8 Å². The lowest BCUT2D eigenvalue weighted by molar-refractivity contribution is -0.137. The molecule has 0 amide bonds. The number of benzene rings is 1. The highest BCUT2D eigenvalue weighted by molar-refractivity contribution is 5.37. The first-order chi connectivity index (χ1) is 6.84. The van der Waals surface area contributed by atoms with Crippen molar-refractivity contribution in [3.05, 3.63) is 29.3 Å². The maximum atomic E-state index is 12.5. The van der Waals surface area contributed by atoms with Crippen LogP contribution in [0.25, 0.3) is 0 Å². The van der Waals surface area contributed by atoms with Crippen LogP contribution in [0.5, 0.6) is 5.75 Å². The van der Waals surface area contributed by atoms with Gasteiger partial charge in [-0.1, -0.05) is 0 Å². The number of methoxy groups -OCH3 is 1. The molecule has 2 N–H and O–H groups in total. The molecule has 0 aliphatic carbocycles. The molecular formula is C10H12F3NO. The van der Waals surface area contributed by atoms with Gasteiger partial charge in [0.1, 0.15) is 5.75 Å². The van der Waals surface area contributed by atoms with Gasteiger partial charge in [0, 0.05) is 6.04 Å². The summed E-state index contributed by atoms with van der Waals surface area (Å²) in [5.74, 6) is 0.164. The lowest BCUT2D eigenvalue weighted by atomic mass is 10.0. The van der Waals surface area contributed by atoms with Gasteiger partial charge in [-0.15, -0.1) is 0 Å². The van der Waals surface area contributed by atoms with Gasteiger partial charge >= 0.3 is 6.18 Å². The van der Waals surface area contributed by atoms with Gasteiger partial charge in [-0.05, 0) is 30.7 Å². The first-order valence-corrected chi connectivity index (χ1v) is 4.36. The van der Waals surface area contributed by atoms with E-state index in [4.69, 9.17) is 10.5 Å². The van der Waals surface area contributed by atoms with E-state index in [-0.39, 0.29) is 5.75 Å². The third kappa shape index (κ3) is 2.86. The summed E-state index contributed by atoms with van der Waals surface area (Å²) in [7, 11) is 1.32. The number of ether oxygens (including phenoxy) is 1. The van der Waals surface area contributed by atoms with Crippen LogP contribution >= 0.6 is 0 Å². The van der Waals surface area contributed by atoms with E-state index in [0.29, 0.717) is 5.56 Å². The van der Waals surface area contributed by atoms with Gasteiger partial charge in [-0.25, -0.2) is 0 Å². The van der Waals surface area contributed by atoms with Crippen molar-refractivity contribution in [2.75, 3.05) is 7.11 Å². The monoisotopic (exact) mass is 219 g/mol. The summed E-state index contributed by atoms with van der Waals surface area (Å²) >= 11 is 0. The van der Waals surface area contributed by atoms with Crippen molar-refractivity contribution < 1.29 is 17.9 Å². The molecule has 2 nitrogen and oxygen atoms in total. The van der Waals surface area contributed by atoms with Crippen LogP contribution in [0.2, 0.25) is 0 Å². The van der Waals surface area contributed by atoms with Gasteiger partial charge in [0.25, 0.3) is 0 Å². The lowest BCUT2D eigenvalue weighted by Gasteiger charge is -2.13. The summed E-state index contributed by atoms with van der Waals surface area (Å²) in [6.07, 6.45) is -4.38.